The number of hydrogen-bond acceptors (Lipinski definition) is 7. The third-order valence-electron chi connectivity index (χ3n) is 5.67. The zero-order valence-electron chi connectivity index (χ0n) is 17.3. The number of carbonyl (C=O) groups excluding carboxylic acids is 2. The van der Waals surface area contributed by atoms with Crippen LogP contribution in [0.5, 0.6) is 0 Å². The Morgan fingerprint density at radius 3 is 2.48 bits per heavy atom. The number of rotatable bonds is 7. The fourth-order valence-corrected chi connectivity index (χ4v) is 6.80. The lowest BCUT2D eigenvalue weighted by atomic mass is 9.86. The van der Waals surface area contributed by atoms with Gasteiger partial charge in [-0.25, -0.2) is 4.79 Å². The van der Waals surface area contributed by atoms with Gasteiger partial charge in [0, 0.05) is 22.7 Å². The molecule has 10 heteroatoms. The summed E-state index contributed by atoms with van der Waals surface area (Å²) in [6.45, 7) is 11.1. The average Bonchev–Trinajstić information content (AvgIpc) is 3.23. The second kappa shape index (κ2) is 7.48. The normalized spacial score (nSPS) is 28.5. The Labute approximate surface area is 178 Å². The van der Waals surface area contributed by atoms with Crippen LogP contribution in [0.15, 0.2) is 12.1 Å². The maximum atomic E-state index is 12.8. The molecule has 4 N–H and O–H groups in total. The number of thiophene rings is 1. The van der Waals surface area contributed by atoms with Crippen LogP contribution in [-0.2, 0) is 14.4 Å². The van der Waals surface area contributed by atoms with E-state index in [1.54, 1.807) is 20.8 Å². The SMILES string of the molecule is CCN(CC)c1ccc(C(N)C(=O)N[C@@]2(C)C(=O)N3[C@@H](C(=O)O)C(C)(C)S[C@@H]32)s1. The molecule has 0 saturated carbocycles. The number of fused-ring (bicyclic) bond motifs is 1. The van der Waals surface area contributed by atoms with E-state index in [1.165, 1.54) is 28.0 Å². The van der Waals surface area contributed by atoms with E-state index in [-0.39, 0.29) is 5.91 Å². The van der Waals surface area contributed by atoms with Crippen LogP contribution in [0, 0.1) is 0 Å². The fraction of sp³-hybridized carbons (Fsp3) is 0.632. The van der Waals surface area contributed by atoms with Crippen molar-refractivity contribution in [3.63, 3.8) is 0 Å². The molecular formula is C19H28N4O4S2. The summed E-state index contributed by atoms with van der Waals surface area (Å²) in [5, 5.41) is 13.0. The maximum absolute atomic E-state index is 12.8. The lowest BCUT2D eigenvalue weighted by molar-refractivity contribution is -0.168. The van der Waals surface area contributed by atoms with Crippen LogP contribution in [0.1, 0.15) is 45.5 Å². The average molecular weight is 441 g/mol. The molecule has 0 radical (unpaired) electrons. The molecule has 2 saturated heterocycles. The first-order chi connectivity index (χ1) is 13.5. The molecule has 0 aromatic carbocycles. The van der Waals surface area contributed by atoms with E-state index in [0.717, 1.165) is 23.0 Å². The number of carboxylic acid groups (broad SMARTS) is 1. The molecule has 2 amide bonds. The van der Waals surface area contributed by atoms with Crippen LogP contribution in [0.3, 0.4) is 0 Å². The predicted octanol–water partition coefficient (Wildman–Crippen LogP) is 1.62. The van der Waals surface area contributed by atoms with Crippen molar-refractivity contribution >= 4 is 45.9 Å². The molecule has 1 aromatic rings. The maximum Gasteiger partial charge on any atom is 0.327 e. The van der Waals surface area contributed by atoms with Gasteiger partial charge in [-0.3, -0.25) is 9.59 Å². The summed E-state index contributed by atoms with van der Waals surface area (Å²) < 4.78 is -0.650. The number of hydrogen-bond donors (Lipinski definition) is 3. The van der Waals surface area contributed by atoms with E-state index in [2.05, 4.69) is 24.1 Å². The molecule has 8 nitrogen and oxygen atoms in total. The van der Waals surface area contributed by atoms with Crippen LogP contribution in [0.25, 0.3) is 0 Å². The molecule has 0 aliphatic carbocycles. The van der Waals surface area contributed by atoms with Crippen molar-refractivity contribution in [3.8, 4) is 0 Å². The summed E-state index contributed by atoms with van der Waals surface area (Å²) in [7, 11) is 0. The highest BCUT2D eigenvalue weighted by atomic mass is 32.2. The summed E-state index contributed by atoms with van der Waals surface area (Å²) in [5.74, 6) is -1.86. The monoisotopic (exact) mass is 440 g/mol. The summed E-state index contributed by atoms with van der Waals surface area (Å²) in [6.07, 6.45) is 0. The highest BCUT2D eigenvalue weighted by molar-refractivity contribution is 8.01. The quantitative estimate of drug-likeness (QED) is 0.552. The second-order valence-electron chi connectivity index (χ2n) is 8.04. The molecule has 1 unspecified atom stereocenters. The number of β-lactam (4-membered cyclic amide) rings is 1. The Hall–Kier alpha value is -1.78. The number of carbonyl (C=O) groups is 3. The Morgan fingerprint density at radius 1 is 1.31 bits per heavy atom. The first kappa shape index (κ1) is 21.9. The topological polar surface area (TPSA) is 116 Å². The second-order valence-corrected chi connectivity index (χ2v) is 10.9. The molecule has 2 aliphatic rings. The highest BCUT2D eigenvalue weighted by Gasteiger charge is 2.70. The van der Waals surface area contributed by atoms with E-state index in [1.807, 2.05) is 12.1 Å². The number of nitrogens with one attached hydrogen (secondary N) is 1. The van der Waals surface area contributed by atoms with Crippen LogP contribution in [0.2, 0.25) is 0 Å². The molecule has 0 spiro atoms. The van der Waals surface area contributed by atoms with Gasteiger partial charge in [0.1, 0.15) is 23.0 Å². The third kappa shape index (κ3) is 3.40. The van der Waals surface area contributed by atoms with Gasteiger partial charge in [-0.15, -0.1) is 23.1 Å². The van der Waals surface area contributed by atoms with Gasteiger partial charge in [-0.2, -0.15) is 0 Å². The minimum atomic E-state index is -1.17. The molecule has 160 valence electrons. The highest BCUT2D eigenvalue weighted by Crippen LogP contribution is 2.54. The van der Waals surface area contributed by atoms with Crippen molar-refractivity contribution in [3.05, 3.63) is 17.0 Å². The lowest BCUT2D eigenvalue weighted by Gasteiger charge is -2.51. The minimum Gasteiger partial charge on any atom is -0.480 e. The molecule has 1 aromatic heterocycles. The summed E-state index contributed by atoms with van der Waals surface area (Å²) in [5.41, 5.74) is 5.02. The van der Waals surface area contributed by atoms with Gasteiger partial charge in [0.2, 0.25) is 5.91 Å². The molecule has 3 rings (SSSR count). The van der Waals surface area contributed by atoms with Gasteiger partial charge in [-0.1, -0.05) is 0 Å². The number of thioether (sulfide) groups is 1. The number of amides is 2. The van der Waals surface area contributed by atoms with E-state index in [0.29, 0.717) is 0 Å². The Kier molecular flexibility index (Phi) is 5.65. The number of nitrogens with zero attached hydrogens (tertiary/aromatic N) is 2. The van der Waals surface area contributed by atoms with Crippen molar-refractivity contribution < 1.29 is 19.5 Å². The van der Waals surface area contributed by atoms with Crippen LogP contribution in [-0.4, -0.2) is 62.6 Å². The van der Waals surface area contributed by atoms with Gasteiger partial charge < -0.3 is 26.0 Å². The van der Waals surface area contributed by atoms with Crippen LogP contribution in [0.4, 0.5) is 5.00 Å². The van der Waals surface area contributed by atoms with Gasteiger partial charge in [0.15, 0.2) is 0 Å². The Morgan fingerprint density at radius 2 is 1.93 bits per heavy atom. The van der Waals surface area contributed by atoms with Crippen LogP contribution < -0.4 is 16.0 Å². The van der Waals surface area contributed by atoms with Gasteiger partial charge in [0.25, 0.3) is 5.91 Å². The van der Waals surface area contributed by atoms with E-state index in [9.17, 15) is 19.5 Å². The van der Waals surface area contributed by atoms with Gasteiger partial charge >= 0.3 is 5.97 Å². The lowest BCUT2D eigenvalue weighted by Crippen LogP contribution is -2.78. The predicted molar refractivity (Wildman–Crippen MR) is 115 cm³/mol. The molecule has 4 atom stereocenters. The molecular weight excluding hydrogens is 412 g/mol. The summed E-state index contributed by atoms with van der Waals surface area (Å²) >= 11 is 2.86. The number of carboxylic acids is 1. The van der Waals surface area contributed by atoms with E-state index >= 15 is 0 Å². The van der Waals surface area contributed by atoms with Crippen molar-refractivity contribution in [1.82, 2.24) is 10.2 Å². The standard InChI is InChI=1S/C19H28N4O4S2/c1-6-22(7-2)11-9-8-10(28-11)12(20)14(24)21-19(5)16(27)23-13(15(25)26)18(3,4)29-17(19)23/h8-9,12-13,17H,6-7,20H2,1-5H3,(H,21,24)(H,25,26)/t12?,13-,17+,19-/m0/s1. The van der Waals surface area contributed by atoms with Crippen molar-refractivity contribution in [2.24, 2.45) is 5.73 Å². The fourth-order valence-electron chi connectivity index (χ4n) is 4.02. The first-order valence-electron chi connectivity index (χ1n) is 9.63. The molecule has 29 heavy (non-hydrogen) atoms. The van der Waals surface area contributed by atoms with Crippen molar-refractivity contribution in [2.75, 3.05) is 18.0 Å². The Balaban J connectivity index is 1.74. The molecule has 0 bridgehead atoms. The van der Waals surface area contributed by atoms with Gasteiger partial charge in [-0.05, 0) is 46.8 Å². The number of nitrogens with two attached hydrogens (primary N) is 1. The molecule has 2 fully saturated rings. The first-order valence-corrected chi connectivity index (χ1v) is 11.3. The summed E-state index contributed by atoms with van der Waals surface area (Å²) in [4.78, 5) is 41.6. The van der Waals surface area contributed by atoms with Crippen molar-refractivity contribution in [2.45, 2.75) is 62.4 Å². The van der Waals surface area contributed by atoms with Gasteiger partial charge in [0.05, 0.1) is 5.00 Å². The number of anilines is 1. The largest absolute Gasteiger partial charge is 0.480 e. The van der Waals surface area contributed by atoms with E-state index in [4.69, 9.17) is 5.73 Å². The van der Waals surface area contributed by atoms with E-state index < -0.39 is 39.6 Å². The smallest absolute Gasteiger partial charge is 0.327 e. The van der Waals surface area contributed by atoms with Crippen molar-refractivity contribution in [1.29, 1.82) is 0 Å². The summed E-state index contributed by atoms with van der Waals surface area (Å²) in [6, 6.07) is 1.98. The minimum absolute atomic E-state index is 0.386. The molecule has 3 heterocycles. The Bertz CT molecular complexity index is 838. The molecule has 2 aliphatic heterocycles. The number of aliphatic carboxylic acids is 1. The third-order valence-corrected chi connectivity index (χ3v) is 8.65. The van der Waals surface area contributed by atoms with Crippen LogP contribution >= 0.6 is 23.1 Å². The zero-order chi connectivity index (χ0) is 21.7. The zero-order valence-corrected chi connectivity index (χ0v) is 18.9.